The fourth-order valence-electron chi connectivity index (χ4n) is 2.43. The second kappa shape index (κ2) is 5.22. The van der Waals surface area contributed by atoms with Crippen molar-refractivity contribution in [2.24, 2.45) is 5.92 Å². The van der Waals surface area contributed by atoms with E-state index in [0.717, 1.165) is 17.8 Å². The largest absolute Gasteiger partial charge is 0.311 e. The molecule has 1 amide bonds. The van der Waals surface area contributed by atoms with Crippen LogP contribution in [0.1, 0.15) is 12.0 Å². The van der Waals surface area contributed by atoms with E-state index < -0.39 is 0 Å². The zero-order valence-corrected chi connectivity index (χ0v) is 11.1. The highest BCUT2D eigenvalue weighted by atomic mass is 16.2. The van der Waals surface area contributed by atoms with Crippen molar-refractivity contribution in [2.75, 3.05) is 11.4 Å². The van der Waals surface area contributed by atoms with E-state index in [0.29, 0.717) is 13.0 Å². The summed E-state index contributed by atoms with van der Waals surface area (Å²) < 4.78 is 1.87. The van der Waals surface area contributed by atoms with Gasteiger partial charge < -0.3 is 4.90 Å². The molecule has 100 valence electrons. The maximum Gasteiger partial charge on any atom is 0.228 e. The summed E-state index contributed by atoms with van der Waals surface area (Å²) in [6.07, 6.45) is 9.53. The fourth-order valence-corrected chi connectivity index (χ4v) is 2.43. The summed E-state index contributed by atoms with van der Waals surface area (Å²) in [4.78, 5) is 13.7. The van der Waals surface area contributed by atoms with Crippen LogP contribution in [0.2, 0.25) is 0 Å². The average molecular weight is 265 g/mol. The quantitative estimate of drug-likeness (QED) is 0.795. The number of carbonyl (C=O) groups is 1. The number of nitrogens with zero attached hydrogens (tertiary/aromatic N) is 3. The Morgan fingerprint density at radius 3 is 2.75 bits per heavy atom. The zero-order chi connectivity index (χ0) is 13.9. The molecule has 0 saturated carbocycles. The van der Waals surface area contributed by atoms with Gasteiger partial charge in [0, 0.05) is 37.0 Å². The minimum atomic E-state index is 0.0336. The first kappa shape index (κ1) is 12.5. The molecule has 1 saturated heterocycles. The van der Waals surface area contributed by atoms with Gasteiger partial charge in [-0.25, -0.2) is 0 Å². The summed E-state index contributed by atoms with van der Waals surface area (Å²) in [6.45, 7) is 1.35. The molecule has 1 aromatic heterocycles. The van der Waals surface area contributed by atoms with Gasteiger partial charge in [0.1, 0.15) is 0 Å². The lowest BCUT2D eigenvalue weighted by molar-refractivity contribution is -0.117. The minimum absolute atomic E-state index is 0.0336. The first-order valence-corrected chi connectivity index (χ1v) is 6.59. The number of benzene rings is 1. The van der Waals surface area contributed by atoms with Gasteiger partial charge in [0.25, 0.3) is 0 Å². The van der Waals surface area contributed by atoms with Crippen molar-refractivity contribution in [3.05, 3.63) is 48.3 Å². The molecule has 4 heteroatoms. The predicted octanol–water partition coefficient (Wildman–Crippen LogP) is 1.92. The van der Waals surface area contributed by atoms with Crippen molar-refractivity contribution in [3.63, 3.8) is 0 Å². The molecule has 0 radical (unpaired) electrons. The van der Waals surface area contributed by atoms with Crippen LogP contribution in [0.25, 0.3) is 0 Å². The lowest BCUT2D eigenvalue weighted by Gasteiger charge is -2.16. The minimum Gasteiger partial charge on any atom is -0.311 e. The van der Waals surface area contributed by atoms with E-state index in [1.54, 1.807) is 11.1 Å². The van der Waals surface area contributed by atoms with Gasteiger partial charge in [-0.3, -0.25) is 9.48 Å². The molecule has 2 heterocycles. The number of amides is 1. The average Bonchev–Trinajstić information content (AvgIpc) is 3.09. The molecule has 20 heavy (non-hydrogen) atoms. The summed E-state index contributed by atoms with van der Waals surface area (Å²) >= 11 is 0. The molecular weight excluding hydrogens is 250 g/mol. The fraction of sp³-hybridized carbons (Fsp3) is 0.250. The van der Waals surface area contributed by atoms with Crippen LogP contribution in [-0.4, -0.2) is 22.2 Å². The highest BCUT2D eigenvalue weighted by Gasteiger charge is 2.29. The van der Waals surface area contributed by atoms with Crippen molar-refractivity contribution in [3.8, 4) is 12.3 Å². The standard InChI is InChI=1S/C16H15N3O/c1-2-13-10-16(20)19(12-13)15-6-4-14(5-7-15)11-18-9-3-8-17-18/h1,3-9,13H,10-12H2. The Hall–Kier alpha value is -2.54. The molecule has 1 atom stereocenters. The lowest BCUT2D eigenvalue weighted by Crippen LogP contribution is -2.24. The van der Waals surface area contributed by atoms with Crippen LogP contribution in [0.15, 0.2) is 42.7 Å². The van der Waals surface area contributed by atoms with E-state index >= 15 is 0 Å². The molecule has 0 N–H and O–H groups in total. The molecule has 0 spiro atoms. The number of aromatic nitrogens is 2. The Morgan fingerprint density at radius 1 is 1.35 bits per heavy atom. The van der Waals surface area contributed by atoms with E-state index in [2.05, 4.69) is 11.0 Å². The number of terminal acetylenes is 1. The van der Waals surface area contributed by atoms with E-state index in [-0.39, 0.29) is 11.8 Å². The molecular formula is C16H15N3O. The molecule has 1 fully saturated rings. The van der Waals surface area contributed by atoms with Crippen molar-refractivity contribution >= 4 is 11.6 Å². The summed E-state index contributed by atoms with van der Waals surface area (Å²) in [6, 6.07) is 9.88. The van der Waals surface area contributed by atoms with E-state index in [1.807, 2.05) is 41.2 Å². The van der Waals surface area contributed by atoms with Gasteiger partial charge in [-0.2, -0.15) is 5.10 Å². The smallest absolute Gasteiger partial charge is 0.228 e. The molecule has 0 bridgehead atoms. The van der Waals surface area contributed by atoms with E-state index in [4.69, 9.17) is 6.42 Å². The van der Waals surface area contributed by atoms with Gasteiger partial charge in [0.15, 0.2) is 0 Å². The molecule has 4 nitrogen and oxygen atoms in total. The SMILES string of the molecule is C#CC1CC(=O)N(c2ccc(Cn3cccn3)cc2)C1. The third-order valence-electron chi connectivity index (χ3n) is 3.51. The predicted molar refractivity (Wildman–Crippen MR) is 77.1 cm³/mol. The van der Waals surface area contributed by atoms with E-state index in [9.17, 15) is 4.79 Å². The molecule has 1 unspecified atom stereocenters. The van der Waals surface area contributed by atoms with Crippen molar-refractivity contribution in [1.29, 1.82) is 0 Å². The van der Waals surface area contributed by atoms with Crippen LogP contribution in [0.5, 0.6) is 0 Å². The Labute approximate surface area is 118 Å². The first-order chi connectivity index (χ1) is 9.76. The Bertz CT molecular complexity index is 637. The topological polar surface area (TPSA) is 38.1 Å². The van der Waals surface area contributed by atoms with Gasteiger partial charge in [-0.1, -0.05) is 12.1 Å². The molecule has 3 rings (SSSR count). The molecule has 1 aliphatic heterocycles. The van der Waals surface area contributed by atoms with Crippen LogP contribution in [-0.2, 0) is 11.3 Å². The Kier molecular flexibility index (Phi) is 3.26. The highest BCUT2D eigenvalue weighted by molar-refractivity contribution is 5.96. The van der Waals surface area contributed by atoms with Crippen LogP contribution >= 0.6 is 0 Å². The van der Waals surface area contributed by atoms with Crippen LogP contribution in [0.3, 0.4) is 0 Å². The number of carbonyl (C=O) groups excluding carboxylic acids is 1. The molecule has 1 aromatic carbocycles. The van der Waals surface area contributed by atoms with Crippen LogP contribution < -0.4 is 4.90 Å². The monoisotopic (exact) mass is 265 g/mol. The van der Waals surface area contributed by atoms with E-state index in [1.165, 1.54) is 0 Å². The molecule has 1 aliphatic rings. The Morgan fingerprint density at radius 2 is 2.15 bits per heavy atom. The summed E-state index contributed by atoms with van der Waals surface area (Å²) in [5.41, 5.74) is 2.06. The number of rotatable bonds is 3. The van der Waals surface area contributed by atoms with Gasteiger partial charge in [-0.15, -0.1) is 12.3 Å². The zero-order valence-electron chi connectivity index (χ0n) is 11.1. The summed E-state index contributed by atoms with van der Waals surface area (Å²) in [5, 5.41) is 4.17. The van der Waals surface area contributed by atoms with Gasteiger partial charge >= 0.3 is 0 Å². The normalized spacial score (nSPS) is 18.2. The highest BCUT2D eigenvalue weighted by Crippen LogP contribution is 2.25. The second-order valence-electron chi connectivity index (χ2n) is 4.94. The van der Waals surface area contributed by atoms with Gasteiger partial charge in [0.05, 0.1) is 6.54 Å². The second-order valence-corrected chi connectivity index (χ2v) is 4.94. The first-order valence-electron chi connectivity index (χ1n) is 6.59. The van der Waals surface area contributed by atoms with Gasteiger partial charge in [-0.05, 0) is 23.8 Å². The molecule has 2 aromatic rings. The maximum absolute atomic E-state index is 11.9. The lowest BCUT2D eigenvalue weighted by atomic mass is 10.1. The van der Waals surface area contributed by atoms with Crippen molar-refractivity contribution < 1.29 is 4.79 Å². The van der Waals surface area contributed by atoms with Crippen molar-refractivity contribution in [2.45, 2.75) is 13.0 Å². The number of hydrogen-bond acceptors (Lipinski definition) is 2. The summed E-state index contributed by atoms with van der Waals surface area (Å²) in [7, 11) is 0. The van der Waals surface area contributed by atoms with Gasteiger partial charge in [0.2, 0.25) is 5.91 Å². The molecule has 0 aliphatic carbocycles. The Balaban J connectivity index is 1.73. The van der Waals surface area contributed by atoms with Crippen LogP contribution in [0, 0.1) is 18.3 Å². The third kappa shape index (κ3) is 2.43. The summed E-state index contributed by atoms with van der Waals surface area (Å²) in [5.74, 6) is 2.80. The maximum atomic E-state index is 11.9. The van der Waals surface area contributed by atoms with Crippen LogP contribution in [0.4, 0.5) is 5.69 Å². The van der Waals surface area contributed by atoms with Crippen molar-refractivity contribution in [1.82, 2.24) is 9.78 Å². The third-order valence-corrected chi connectivity index (χ3v) is 3.51. The number of anilines is 1. The number of hydrogen-bond donors (Lipinski definition) is 0.